The van der Waals surface area contributed by atoms with Crippen LogP contribution in [-0.4, -0.2) is 62.1 Å². The fourth-order valence-corrected chi connectivity index (χ4v) is 2.53. The Balaban J connectivity index is 2.07. The van der Waals surface area contributed by atoms with Gasteiger partial charge in [-0.25, -0.2) is 0 Å². The van der Waals surface area contributed by atoms with Crippen molar-refractivity contribution in [2.45, 2.75) is 25.3 Å². The Morgan fingerprint density at radius 1 is 1.41 bits per heavy atom. The molecule has 1 aliphatic rings. The third kappa shape index (κ3) is 6.29. The van der Waals surface area contributed by atoms with Crippen molar-refractivity contribution in [1.29, 1.82) is 0 Å². The van der Waals surface area contributed by atoms with Crippen LogP contribution in [0.15, 0.2) is 0 Å². The number of piperidine rings is 1. The summed E-state index contributed by atoms with van der Waals surface area (Å²) in [6.45, 7) is 3.75. The lowest BCUT2D eigenvalue weighted by Gasteiger charge is -2.31. The molecule has 1 aliphatic heterocycles. The normalized spacial score (nSPS) is 18.2. The van der Waals surface area contributed by atoms with Crippen LogP contribution < -0.4 is 10.6 Å². The highest BCUT2D eigenvalue weighted by Gasteiger charge is 2.19. The predicted molar refractivity (Wildman–Crippen MR) is 74.5 cm³/mol. The van der Waals surface area contributed by atoms with Gasteiger partial charge in [-0.15, -0.1) is 0 Å². The summed E-state index contributed by atoms with van der Waals surface area (Å²) in [5.41, 5.74) is 0. The van der Waals surface area contributed by atoms with Crippen LogP contribution in [0.4, 0.5) is 0 Å². The first-order chi connectivity index (χ1) is 8.26. The average Bonchev–Trinajstić information content (AvgIpc) is 2.36. The molecule has 1 amide bonds. The number of carbonyl (C=O) groups is 1. The second-order valence-corrected chi connectivity index (χ2v) is 5.51. The summed E-state index contributed by atoms with van der Waals surface area (Å²) in [5.74, 6) is 1.36. The molecule has 0 spiro atoms. The Labute approximate surface area is 109 Å². The molecule has 100 valence electrons. The molecular formula is C12H25N3OS. The van der Waals surface area contributed by atoms with Crippen LogP contribution in [0.1, 0.15) is 19.3 Å². The average molecular weight is 259 g/mol. The van der Waals surface area contributed by atoms with Gasteiger partial charge in [0.05, 0.1) is 6.54 Å². The van der Waals surface area contributed by atoms with Crippen molar-refractivity contribution in [3.05, 3.63) is 0 Å². The molecule has 0 saturated carbocycles. The lowest BCUT2D eigenvalue weighted by Crippen LogP contribution is -2.45. The second kappa shape index (κ2) is 8.78. The van der Waals surface area contributed by atoms with Crippen LogP contribution in [-0.2, 0) is 4.79 Å². The Morgan fingerprint density at radius 2 is 2.12 bits per heavy atom. The number of likely N-dealkylation sites (N-methyl/N-ethyl adjacent to an activating group) is 1. The zero-order valence-corrected chi connectivity index (χ0v) is 11.8. The van der Waals surface area contributed by atoms with E-state index in [0.717, 1.165) is 32.5 Å². The highest BCUT2D eigenvalue weighted by atomic mass is 32.2. The van der Waals surface area contributed by atoms with Gasteiger partial charge in [0.2, 0.25) is 5.91 Å². The fraction of sp³-hybridized carbons (Fsp3) is 0.917. The third-order valence-corrected chi connectivity index (χ3v) is 3.89. The number of thioether (sulfide) groups is 1. The second-order valence-electron chi connectivity index (χ2n) is 4.52. The number of amides is 1. The number of rotatable bonds is 7. The van der Waals surface area contributed by atoms with Crippen LogP contribution in [0.2, 0.25) is 0 Å². The van der Waals surface area contributed by atoms with Gasteiger partial charge in [-0.1, -0.05) is 0 Å². The van der Waals surface area contributed by atoms with E-state index in [2.05, 4.69) is 21.8 Å². The van der Waals surface area contributed by atoms with E-state index in [1.807, 2.05) is 11.8 Å². The fourth-order valence-electron chi connectivity index (χ4n) is 2.10. The van der Waals surface area contributed by atoms with E-state index in [0.29, 0.717) is 12.6 Å². The predicted octanol–water partition coefficient (Wildman–Crippen LogP) is 0.540. The summed E-state index contributed by atoms with van der Waals surface area (Å²) in [5, 5.41) is 6.28. The van der Waals surface area contributed by atoms with Crippen molar-refractivity contribution in [2.24, 2.45) is 0 Å². The molecule has 1 saturated heterocycles. The summed E-state index contributed by atoms with van der Waals surface area (Å²) in [6, 6.07) is 0.651. The summed E-state index contributed by atoms with van der Waals surface area (Å²) in [7, 11) is 1.70. The molecular weight excluding hydrogens is 234 g/mol. The molecule has 0 aromatic carbocycles. The minimum atomic E-state index is 0.122. The Hall–Kier alpha value is -0.260. The first-order valence-corrected chi connectivity index (χ1v) is 7.81. The zero-order valence-electron chi connectivity index (χ0n) is 11.0. The SMILES string of the molecule is CNC(=O)CN1CCC(NCCCSC)CC1. The van der Waals surface area contributed by atoms with E-state index >= 15 is 0 Å². The number of carbonyl (C=O) groups excluding carboxylic acids is 1. The molecule has 0 aromatic heterocycles. The van der Waals surface area contributed by atoms with Crippen molar-refractivity contribution in [2.75, 3.05) is 45.2 Å². The molecule has 17 heavy (non-hydrogen) atoms. The topological polar surface area (TPSA) is 44.4 Å². The molecule has 1 fully saturated rings. The number of hydrogen-bond donors (Lipinski definition) is 2. The first kappa shape index (κ1) is 14.8. The number of nitrogens with zero attached hydrogens (tertiary/aromatic N) is 1. The third-order valence-electron chi connectivity index (χ3n) is 3.19. The quantitative estimate of drug-likeness (QED) is 0.655. The lowest BCUT2D eigenvalue weighted by molar-refractivity contribution is -0.122. The van der Waals surface area contributed by atoms with Crippen molar-refractivity contribution in [1.82, 2.24) is 15.5 Å². The monoisotopic (exact) mass is 259 g/mol. The Morgan fingerprint density at radius 3 is 2.71 bits per heavy atom. The van der Waals surface area contributed by atoms with Gasteiger partial charge >= 0.3 is 0 Å². The number of hydrogen-bond acceptors (Lipinski definition) is 4. The van der Waals surface area contributed by atoms with Gasteiger partial charge in [-0.2, -0.15) is 11.8 Å². The van der Waals surface area contributed by atoms with Crippen molar-refractivity contribution >= 4 is 17.7 Å². The highest BCUT2D eigenvalue weighted by molar-refractivity contribution is 7.98. The van der Waals surface area contributed by atoms with E-state index in [1.54, 1.807) is 7.05 Å². The lowest BCUT2D eigenvalue weighted by atomic mass is 10.1. The van der Waals surface area contributed by atoms with Gasteiger partial charge in [0.25, 0.3) is 0 Å². The van der Waals surface area contributed by atoms with Crippen molar-refractivity contribution < 1.29 is 4.79 Å². The van der Waals surface area contributed by atoms with Crippen LogP contribution in [0.3, 0.4) is 0 Å². The van der Waals surface area contributed by atoms with Crippen LogP contribution in [0, 0.1) is 0 Å². The minimum Gasteiger partial charge on any atom is -0.358 e. The van der Waals surface area contributed by atoms with Gasteiger partial charge in [0, 0.05) is 26.2 Å². The van der Waals surface area contributed by atoms with Gasteiger partial charge in [0.1, 0.15) is 0 Å². The van der Waals surface area contributed by atoms with Crippen LogP contribution in [0.25, 0.3) is 0 Å². The summed E-state index contributed by atoms with van der Waals surface area (Å²) < 4.78 is 0. The highest BCUT2D eigenvalue weighted by Crippen LogP contribution is 2.09. The summed E-state index contributed by atoms with van der Waals surface area (Å²) in [4.78, 5) is 13.5. The Kier molecular flexibility index (Phi) is 7.64. The molecule has 0 unspecified atom stereocenters. The van der Waals surface area contributed by atoms with Crippen LogP contribution >= 0.6 is 11.8 Å². The summed E-state index contributed by atoms with van der Waals surface area (Å²) >= 11 is 1.91. The van der Waals surface area contributed by atoms with Gasteiger partial charge in [-0.05, 0) is 37.8 Å². The summed E-state index contributed by atoms with van der Waals surface area (Å²) in [6.07, 6.45) is 5.73. The minimum absolute atomic E-state index is 0.122. The molecule has 1 rings (SSSR count). The van der Waals surface area contributed by atoms with Gasteiger partial charge in [0.15, 0.2) is 0 Å². The first-order valence-electron chi connectivity index (χ1n) is 6.41. The van der Waals surface area contributed by atoms with Crippen LogP contribution in [0.5, 0.6) is 0 Å². The standard InChI is InChI=1S/C12H25N3OS/c1-13-12(16)10-15-7-4-11(5-8-15)14-6-3-9-17-2/h11,14H,3-10H2,1-2H3,(H,13,16). The van der Waals surface area contributed by atoms with Crippen molar-refractivity contribution in [3.8, 4) is 0 Å². The maximum absolute atomic E-state index is 11.2. The number of likely N-dealkylation sites (tertiary alicyclic amines) is 1. The van der Waals surface area contributed by atoms with E-state index in [4.69, 9.17) is 0 Å². The molecule has 0 radical (unpaired) electrons. The number of nitrogens with one attached hydrogen (secondary N) is 2. The maximum atomic E-state index is 11.2. The van der Waals surface area contributed by atoms with E-state index < -0.39 is 0 Å². The van der Waals surface area contributed by atoms with E-state index in [1.165, 1.54) is 12.2 Å². The van der Waals surface area contributed by atoms with Gasteiger partial charge in [-0.3, -0.25) is 9.69 Å². The Bertz CT molecular complexity index is 218. The molecule has 1 heterocycles. The molecule has 0 aromatic rings. The molecule has 0 aliphatic carbocycles. The maximum Gasteiger partial charge on any atom is 0.233 e. The van der Waals surface area contributed by atoms with E-state index in [-0.39, 0.29) is 5.91 Å². The van der Waals surface area contributed by atoms with E-state index in [9.17, 15) is 4.79 Å². The molecule has 4 nitrogen and oxygen atoms in total. The molecule has 5 heteroatoms. The molecule has 0 atom stereocenters. The van der Waals surface area contributed by atoms with Gasteiger partial charge < -0.3 is 10.6 Å². The van der Waals surface area contributed by atoms with Crippen molar-refractivity contribution in [3.63, 3.8) is 0 Å². The largest absolute Gasteiger partial charge is 0.358 e. The zero-order chi connectivity index (χ0) is 12.5. The molecule has 0 bridgehead atoms. The smallest absolute Gasteiger partial charge is 0.233 e. The molecule has 2 N–H and O–H groups in total.